The van der Waals surface area contributed by atoms with Crippen LogP contribution < -0.4 is 24.8 Å². The molecule has 2 amide bonds. The average molecular weight is 364 g/mol. The van der Waals surface area contributed by atoms with Gasteiger partial charge in [0.15, 0.2) is 11.5 Å². The van der Waals surface area contributed by atoms with Crippen LogP contribution in [0.3, 0.4) is 0 Å². The lowest BCUT2D eigenvalue weighted by Crippen LogP contribution is -2.34. The number of alkyl halides is 2. The van der Waals surface area contributed by atoms with E-state index < -0.39 is 13.0 Å². The third-order valence-corrected chi connectivity index (χ3v) is 3.62. The van der Waals surface area contributed by atoms with Crippen LogP contribution in [0.2, 0.25) is 0 Å². The predicted molar refractivity (Wildman–Crippen MR) is 89.6 cm³/mol. The smallest absolute Gasteiger partial charge is 0.315 e. The Morgan fingerprint density at radius 1 is 1.04 bits per heavy atom. The number of carbonyl (C=O) groups excluding carboxylic acids is 1. The zero-order valence-electron chi connectivity index (χ0n) is 13.8. The highest BCUT2D eigenvalue weighted by Gasteiger charge is 2.13. The molecule has 0 saturated carbocycles. The molecule has 2 aromatic carbocycles. The highest BCUT2D eigenvalue weighted by molar-refractivity contribution is 5.73. The van der Waals surface area contributed by atoms with Gasteiger partial charge < -0.3 is 24.8 Å². The maximum Gasteiger partial charge on any atom is 0.315 e. The van der Waals surface area contributed by atoms with Crippen LogP contribution in [0.25, 0.3) is 0 Å². The number of nitrogens with one attached hydrogen (secondary N) is 2. The van der Waals surface area contributed by atoms with E-state index in [2.05, 4.69) is 10.6 Å². The molecule has 8 heteroatoms. The van der Waals surface area contributed by atoms with Crippen molar-refractivity contribution in [2.75, 3.05) is 13.4 Å². The van der Waals surface area contributed by atoms with Crippen LogP contribution in [0.1, 0.15) is 11.1 Å². The van der Waals surface area contributed by atoms with Crippen molar-refractivity contribution >= 4 is 6.03 Å². The zero-order chi connectivity index (χ0) is 18.4. The molecule has 0 saturated heterocycles. The van der Waals surface area contributed by atoms with Crippen molar-refractivity contribution in [1.82, 2.24) is 10.6 Å². The summed E-state index contributed by atoms with van der Waals surface area (Å²) >= 11 is 0. The van der Waals surface area contributed by atoms with Crippen LogP contribution in [0.15, 0.2) is 42.5 Å². The van der Waals surface area contributed by atoms with Gasteiger partial charge in [0.25, 0.3) is 6.43 Å². The van der Waals surface area contributed by atoms with Crippen molar-refractivity contribution in [1.29, 1.82) is 0 Å². The molecular weight excluding hydrogens is 346 g/mol. The molecule has 0 unspecified atom stereocenters. The fourth-order valence-corrected chi connectivity index (χ4v) is 2.38. The van der Waals surface area contributed by atoms with E-state index in [1.165, 1.54) is 0 Å². The van der Waals surface area contributed by atoms with E-state index >= 15 is 0 Å². The van der Waals surface area contributed by atoms with Gasteiger partial charge in [0, 0.05) is 13.1 Å². The Kier molecular flexibility index (Phi) is 5.73. The van der Waals surface area contributed by atoms with E-state index in [9.17, 15) is 13.6 Å². The SMILES string of the molecule is O=C(NCc1cccc(OCC(F)F)c1)NCc1ccc2c(c1)OCO2. The number of ether oxygens (including phenoxy) is 3. The molecule has 1 aliphatic heterocycles. The van der Waals surface area contributed by atoms with Gasteiger partial charge in [-0.05, 0) is 35.4 Å². The van der Waals surface area contributed by atoms with Gasteiger partial charge in [0.05, 0.1) is 0 Å². The first-order valence-corrected chi connectivity index (χ1v) is 8.00. The molecule has 0 fully saturated rings. The summed E-state index contributed by atoms with van der Waals surface area (Å²) in [5.41, 5.74) is 1.63. The van der Waals surface area contributed by atoms with Gasteiger partial charge in [0.1, 0.15) is 12.4 Å². The number of hydrogen-bond donors (Lipinski definition) is 2. The van der Waals surface area contributed by atoms with Gasteiger partial charge in [-0.3, -0.25) is 0 Å². The van der Waals surface area contributed by atoms with Gasteiger partial charge in [-0.2, -0.15) is 0 Å². The van der Waals surface area contributed by atoms with Crippen molar-refractivity contribution in [2.24, 2.45) is 0 Å². The van der Waals surface area contributed by atoms with Crippen LogP contribution in [0.4, 0.5) is 13.6 Å². The molecule has 6 nitrogen and oxygen atoms in total. The largest absolute Gasteiger partial charge is 0.488 e. The molecule has 3 rings (SSSR count). The van der Waals surface area contributed by atoms with Crippen molar-refractivity contribution in [3.05, 3.63) is 53.6 Å². The van der Waals surface area contributed by atoms with Gasteiger partial charge in [-0.1, -0.05) is 18.2 Å². The van der Waals surface area contributed by atoms with Crippen LogP contribution in [0, 0.1) is 0 Å². The first kappa shape index (κ1) is 17.8. The Morgan fingerprint density at radius 3 is 2.54 bits per heavy atom. The molecule has 1 heterocycles. The Hall–Kier alpha value is -3.03. The summed E-state index contributed by atoms with van der Waals surface area (Å²) in [4.78, 5) is 11.9. The van der Waals surface area contributed by atoms with Crippen molar-refractivity contribution < 1.29 is 27.8 Å². The van der Waals surface area contributed by atoms with Gasteiger partial charge in [-0.15, -0.1) is 0 Å². The minimum absolute atomic E-state index is 0.201. The number of carbonyl (C=O) groups is 1. The summed E-state index contributed by atoms with van der Waals surface area (Å²) < 4.78 is 39.8. The number of fused-ring (bicyclic) bond motifs is 1. The lowest BCUT2D eigenvalue weighted by atomic mass is 10.2. The second-order valence-electron chi connectivity index (χ2n) is 5.57. The second-order valence-corrected chi connectivity index (χ2v) is 5.57. The van der Waals surface area contributed by atoms with E-state index in [1.54, 1.807) is 30.3 Å². The standard InChI is InChI=1S/C18H18F2N2O4/c19-17(20)10-24-14-3-1-2-12(6-14)8-21-18(23)22-9-13-4-5-15-16(7-13)26-11-25-15/h1-7,17H,8-11H2,(H2,21,22,23). The summed E-state index contributed by atoms with van der Waals surface area (Å²) in [6, 6.07) is 11.8. The summed E-state index contributed by atoms with van der Waals surface area (Å²) in [6.07, 6.45) is -2.53. The Balaban J connectivity index is 1.44. The molecule has 0 aromatic heterocycles. The predicted octanol–water partition coefficient (Wildman–Crippen LogP) is 3.06. The van der Waals surface area contributed by atoms with Gasteiger partial charge >= 0.3 is 6.03 Å². The summed E-state index contributed by atoms with van der Waals surface area (Å²) in [5.74, 6) is 1.68. The number of hydrogen-bond acceptors (Lipinski definition) is 4. The number of urea groups is 1. The molecule has 0 radical (unpaired) electrons. The molecule has 2 N–H and O–H groups in total. The van der Waals surface area contributed by atoms with Gasteiger partial charge in [-0.25, -0.2) is 13.6 Å². The van der Waals surface area contributed by atoms with E-state index in [-0.39, 0.29) is 19.4 Å². The van der Waals surface area contributed by atoms with E-state index in [4.69, 9.17) is 14.2 Å². The molecule has 0 spiro atoms. The molecule has 1 aliphatic rings. The summed E-state index contributed by atoms with van der Waals surface area (Å²) in [7, 11) is 0. The number of halogens is 2. The lowest BCUT2D eigenvalue weighted by molar-refractivity contribution is 0.0818. The zero-order valence-corrected chi connectivity index (χ0v) is 13.8. The maximum atomic E-state index is 12.2. The monoisotopic (exact) mass is 364 g/mol. The molecule has 2 aromatic rings. The van der Waals surface area contributed by atoms with Crippen LogP contribution in [0.5, 0.6) is 17.2 Å². The van der Waals surface area contributed by atoms with Crippen LogP contribution >= 0.6 is 0 Å². The van der Waals surface area contributed by atoms with Crippen LogP contribution in [-0.2, 0) is 13.1 Å². The third-order valence-electron chi connectivity index (χ3n) is 3.62. The lowest BCUT2D eigenvalue weighted by Gasteiger charge is -2.10. The maximum absolute atomic E-state index is 12.2. The summed E-state index contributed by atoms with van der Waals surface area (Å²) in [6.45, 7) is 0.124. The Morgan fingerprint density at radius 2 is 1.77 bits per heavy atom. The fraction of sp³-hybridized carbons (Fsp3) is 0.278. The molecular formula is C18H18F2N2O4. The first-order valence-electron chi connectivity index (χ1n) is 8.00. The molecule has 0 bridgehead atoms. The highest BCUT2D eigenvalue weighted by Crippen LogP contribution is 2.32. The Labute approximate surface area is 149 Å². The van der Waals surface area contributed by atoms with Crippen molar-refractivity contribution in [3.63, 3.8) is 0 Å². The minimum atomic E-state index is -2.53. The van der Waals surface area contributed by atoms with E-state index in [0.29, 0.717) is 23.8 Å². The molecule has 26 heavy (non-hydrogen) atoms. The molecule has 0 aliphatic carbocycles. The highest BCUT2D eigenvalue weighted by atomic mass is 19.3. The third kappa shape index (κ3) is 4.98. The average Bonchev–Trinajstić information content (AvgIpc) is 3.11. The van der Waals surface area contributed by atoms with E-state index in [0.717, 1.165) is 11.1 Å². The number of benzene rings is 2. The van der Waals surface area contributed by atoms with Crippen LogP contribution in [-0.4, -0.2) is 25.9 Å². The quantitative estimate of drug-likeness (QED) is 0.792. The first-order chi connectivity index (χ1) is 12.6. The number of rotatable bonds is 7. The second kappa shape index (κ2) is 8.37. The van der Waals surface area contributed by atoms with E-state index in [1.807, 2.05) is 12.1 Å². The normalized spacial score (nSPS) is 12.1. The topological polar surface area (TPSA) is 68.8 Å². The van der Waals surface area contributed by atoms with Crippen molar-refractivity contribution in [3.8, 4) is 17.2 Å². The molecule has 0 atom stereocenters. The number of amides is 2. The Bertz CT molecular complexity index is 771. The minimum Gasteiger partial charge on any atom is -0.488 e. The fourth-order valence-electron chi connectivity index (χ4n) is 2.38. The van der Waals surface area contributed by atoms with Crippen molar-refractivity contribution in [2.45, 2.75) is 19.5 Å². The molecule has 138 valence electrons. The summed E-state index contributed by atoms with van der Waals surface area (Å²) in [5, 5.41) is 5.44. The van der Waals surface area contributed by atoms with Gasteiger partial charge in [0.2, 0.25) is 6.79 Å².